The molecule has 3 nitrogen and oxygen atoms in total. The molecule has 1 heterocycles. The van der Waals surface area contributed by atoms with Gasteiger partial charge in [0.05, 0.1) is 12.3 Å². The molecule has 1 aromatic heterocycles. The Bertz CT molecular complexity index is 326. The van der Waals surface area contributed by atoms with E-state index in [1.165, 1.54) is 25.7 Å². The average Bonchev–Trinajstić information content (AvgIpc) is 2.81. The lowest BCUT2D eigenvalue weighted by molar-refractivity contribution is 0.114. The minimum atomic E-state index is 0.660. The molecule has 1 N–H and O–H groups in total. The van der Waals surface area contributed by atoms with Gasteiger partial charge in [-0.05, 0) is 18.9 Å². The lowest BCUT2D eigenvalue weighted by Crippen LogP contribution is -2.18. The molecule has 0 saturated carbocycles. The molecule has 0 radical (unpaired) electrons. The summed E-state index contributed by atoms with van der Waals surface area (Å²) < 4.78 is 5.65. The van der Waals surface area contributed by atoms with Crippen LogP contribution in [0.3, 0.4) is 0 Å². The van der Waals surface area contributed by atoms with Crippen molar-refractivity contribution in [1.29, 1.82) is 0 Å². The first-order chi connectivity index (χ1) is 9.22. The Morgan fingerprint density at radius 3 is 2.89 bits per heavy atom. The second-order valence-electron chi connectivity index (χ2n) is 5.37. The molecule has 1 rings (SSSR count). The first kappa shape index (κ1) is 16.6. The van der Waals surface area contributed by atoms with Gasteiger partial charge < -0.3 is 10.1 Å². The number of ether oxygens (including phenoxy) is 1. The Hall–Kier alpha value is -0.450. The van der Waals surface area contributed by atoms with E-state index in [0.29, 0.717) is 12.5 Å². The molecular formula is C15H28N2OS. The largest absolute Gasteiger partial charge is 0.375 e. The summed E-state index contributed by atoms with van der Waals surface area (Å²) in [4.78, 5) is 4.57. The summed E-state index contributed by atoms with van der Waals surface area (Å²) in [5, 5.41) is 6.68. The highest BCUT2D eigenvalue weighted by Gasteiger charge is 2.02. The molecule has 0 saturated heterocycles. The highest BCUT2D eigenvalue weighted by Crippen LogP contribution is 2.11. The van der Waals surface area contributed by atoms with Gasteiger partial charge in [0, 0.05) is 18.5 Å². The highest BCUT2D eigenvalue weighted by molar-refractivity contribution is 7.09. The van der Waals surface area contributed by atoms with E-state index in [9.17, 15) is 0 Å². The zero-order chi connectivity index (χ0) is 13.9. The molecule has 0 aliphatic carbocycles. The quantitative estimate of drug-likeness (QED) is 0.624. The predicted molar refractivity (Wildman–Crippen MR) is 82.5 cm³/mol. The van der Waals surface area contributed by atoms with Crippen LogP contribution in [-0.4, -0.2) is 18.1 Å². The molecule has 0 bridgehead atoms. The summed E-state index contributed by atoms with van der Waals surface area (Å²) in [5.74, 6) is 0.686. The van der Waals surface area contributed by atoms with Crippen molar-refractivity contribution in [2.75, 3.05) is 13.2 Å². The topological polar surface area (TPSA) is 34.1 Å². The fourth-order valence-corrected chi connectivity index (χ4v) is 2.52. The average molecular weight is 284 g/mol. The molecule has 0 unspecified atom stereocenters. The summed E-state index contributed by atoms with van der Waals surface area (Å²) in [5.41, 5.74) is 1.07. The zero-order valence-corrected chi connectivity index (χ0v) is 13.4. The smallest absolute Gasteiger partial charge is 0.107 e. The van der Waals surface area contributed by atoms with Crippen LogP contribution >= 0.6 is 11.3 Å². The number of nitrogens with one attached hydrogen (secondary N) is 1. The van der Waals surface area contributed by atoms with Crippen molar-refractivity contribution in [1.82, 2.24) is 10.3 Å². The minimum Gasteiger partial charge on any atom is -0.375 e. The van der Waals surface area contributed by atoms with E-state index >= 15 is 0 Å². The van der Waals surface area contributed by atoms with Crippen LogP contribution < -0.4 is 5.32 Å². The number of thiazole rings is 1. The minimum absolute atomic E-state index is 0.660. The summed E-state index contributed by atoms with van der Waals surface area (Å²) in [6.07, 6.45) is 5.03. The Labute approximate surface area is 121 Å². The second kappa shape index (κ2) is 10.4. The SMILES string of the molecule is CCCCCCOCc1csc(CNCC(C)C)n1. The zero-order valence-electron chi connectivity index (χ0n) is 12.6. The van der Waals surface area contributed by atoms with Gasteiger partial charge in [0.25, 0.3) is 0 Å². The van der Waals surface area contributed by atoms with Gasteiger partial charge in [0.2, 0.25) is 0 Å². The normalized spacial score (nSPS) is 11.4. The van der Waals surface area contributed by atoms with E-state index in [4.69, 9.17) is 4.74 Å². The van der Waals surface area contributed by atoms with Crippen molar-refractivity contribution in [3.8, 4) is 0 Å². The Morgan fingerprint density at radius 2 is 2.16 bits per heavy atom. The number of hydrogen-bond donors (Lipinski definition) is 1. The molecule has 110 valence electrons. The third-order valence-corrected chi connectivity index (χ3v) is 3.72. The third kappa shape index (κ3) is 8.35. The Kier molecular flexibility index (Phi) is 9.05. The van der Waals surface area contributed by atoms with Crippen molar-refractivity contribution in [2.24, 2.45) is 5.92 Å². The molecular weight excluding hydrogens is 256 g/mol. The van der Waals surface area contributed by atoms with Crippen LogP contribution in [0.4, 0.5) is 0 Å². The molecule has 0 aliphatic rings. The van der Waals surface area contributed by atoms with Gasteiger partial charge in [-0.1, -0.05) is 40.0 Å². The predicted octanol–water partition coefficient (Wildman–Crippen LogP) is 3.99. The van der Waals surface area contributed by atoms with Crippen molar-refractivity contribution < 1.29 is 4.74 Å². The first-order valence-corrected chi connectivity index (χ1v) is 8.32. The molecule has 0 aliphatic heterocycles. The van der Waals surface area contributed by atoms with E-state index in [0.717, 1.165) is 30.4 Å². The number of nitrogens with zero attached hydrogens (tertiary/aromatic N) is 1. The molecule has 1 aromatic rings. The maximum absolute atomic E-state index is 5.65. The van der Waals surface area contributed by atoms with Crippen LogP contribution in [0, 0.1) is 5.92 Å². The summed E-state index contributed by atoms with van der Waals surface area (Å²) in [6, 6.07) is 0. The van der Waals surface area contributed by atoms with Crippen LogP contribution in [0.1, 0.15) is 57.2 Å². The maximum Gasteiger partial charge on any atom is 0.107 e. The Morgan fingerprint density at radius 1 is 1.32 bits per heavy atom. The van der Waals surface area contributed by atoms with Gasteiger partial charge in [-0.25, -0.2) is 4.98 Å². The molecule has 0 fully saturated rings. The van der Waals surface area contributed by atoms with Gasteiger partial charge in [-0.15, -0.1) is 11.3 Å². The van der Waals surface area contributed by atoms with Crippen LogP contribution in [0.15, 0.2) is 5.38 Å². The molecule has 0 atom stereocenters. The number of aromatic nitrogens is 1. The summed E-state index contributed by atoms with van der Waals surface area (Å²) in [7, 11) is 0. The Balaban J connectivity index is 2.09. The second-order valence-corrected chi connectivity index (χ2v) is 6.31. The van der Waals surface area contributed by atoms with Gasteiger partial charge >= 0.3 is 0 Å². The fraction of sp³-hybridized carbons (Fsp3) is 0.800. The molecule has 0 aromatic carbocycles. The van der Waals surface area contributed by atoms with Gasteiger partial charge in [-0.3, -0.25) is 0 Å². The third-order valence-electron chi connectivity index (χ3n) is 2.82. The molecule has 0 amide bonds. The molecule has 4 heteroatoms. The van der Waals surface area contributed by atoms with Gasteiger partial charge in [0.15, 0.2) is 0 Å². The van der Waals surface area contributed by atoms with E-state index in [-0.39, 0.29) is 0 Å². The molecule has 19 heavy (non-hydrogen) atoms. The van der Waals surface area contributed by atoms with Crippen LogP contribution in [0.2, 0.25) is 0 Å². The van der Waals surface area contributed by atoms with Crippen LogP contribution in [0.5, 0.6) is 0 Å². The van der Waals surface area contributed by atoms with Crippen molar-refractivity contribution in [3.63, 3.8) is 0 Å². The monoisotopic (exact) mass is 284 g/mol. The van der Waals surface area contributed by atoms with E-state index in [1.54, 1.807) is 11.3 Å². The number of hydrogen-bond acceptors (Lipinski definition) is 4. The fourth-order valence-electron chi connectivity index (χ4n) is 1.77. The van der Waals surface area contributed by atoms with Gasteiger partial charge in [-0.2, -0.15) is 0 Å². The number of unbranched alkanes of at least 4 members (excludes halogenated alkanes) is 3. The van der Waals surface area contributed by atoms with Crippen molar-refractivity contribution in [3.05, 3.63) is 16.1 Å². The maximum atomic E-state index is 5.65. The van der Waals surface area contributed by atoms with Crippen LogP contribution in [0.25, 0.3) is 0 Å². The highest BCUT2D eigenvalue weighted by atomic mass is 32.1. The summed E-state index contributed by atoms with van der Waals surface area (Å²) in [6.45, 7) is 10.1. The lowest BCUT2D eigenvalue weighted by atomic mass is 10.2. The van der Waals surface area contributed by atoms with E-state index in [1.807, 2.05) is 0 Å². The van der Waals surface area contributed by atoms with Crippen LogP contribution in [-0.2, 0) is 17.9 Å². The van der Waals surface area contributed by atoms with E-state index < -0.39 is 0 Å². The number of rotatable bonds is 11. The van der Waals surface area contributed by atoms with Crippen molar-refractivity contribution in [2.45, 2.75) is 59.6 Å². The van der Waals surface area contributed by atoms with E-state index in [2.05, 4.69) is 36.5 Å². The molecule has 0 spiro atoms. The lowest BCUT2D eigenvalue weighted by Gasteiger charge is -2.04. The van der Waals surface area contributed by atoms with Crippen molar-refractivity contribution >= 4 is 11.3 Å². The van der Waals surface area contributed by atoms with Gasteiger partial charge in [0.1, 0.15) is 5.01 Å². The first-order valence-electron chi connectivity index (χ1n) is 7.44. The summed E-state index contributed by atoms with van der Waals surface area (Å²) >= 11 is 1.72. The standard InChI is InChI=1S/C15H28N2OS/c1-4-5-6-7-8-18-11-14-12-19-15(17-14)10-16-9-13(2)3/h12-13,16H,4-11H2,1-3H3.